The number of halogens is 2. The van der Waals surface area contributed by atoms with E-state index in [-0.39, 0.29) is 18.4 Å². The summed E-state index contributed by atoms with van der Waals surface area (Å²) >= 11 is 3.45. The van der Waals surface area contributed by atoms with Gasteiger partial charge in [-0.2, -0.15) is 0 Å². The molecule has 0 saturated heterocycles. The first-order chi connectivity index (χ1) is 6.56. The van der Waals surface area contributed by atoms with Crippen LogP contribution in [0.5, 0.6) is 0 Å². The van der Waals surface area contributed by atoms with Crippen molar-refractivity contribution >= 4 is 28.3 Å². The third kappa shape index (κ3) is 3.76. The van der Waals surface area contributed by atoms with Gasteiger partial charge < -0.3 is 10.8 Å². The van der Waals surface area contributed by atoms with Crippen molar-refractivity contribution in [3.63, 3.8) is 0 Å². The third-order valence-electron chi connectivity index (χ3n) is 2.35. The molecule has 1 aromatic rings. The predicted molar refractivity (Wildman–Crippen MR) is 69.4 cm³/mol. The van der Waals surface area contributed by atoms with E-state index in [0.717, 1.165) is 10.0 Å². The lowest BCUT2D eigenvalue weighted by Gasteiger charge is -2.19. The summed E-state index contributed by atoms with van der Waals surface area (Å²) in [6.45, 7) is 3.95. The van der Waals surface area contributed by atoms with Crippen LogP contribution in [0.2, 0.25) is 0 Å². The quantitative estimate of drug-likeness (QED) is 0.900. The summed E-state index contributed by atoms with van der Waals surface area (Å²) in [7, 11) is 0. The normalized spacial score (nSPS) is 14.2. The van der Waals surface area contributed by atoms with Gasteiger partial charge in [0.05, 0.1) is 12.1 Å². The number of hydrogen-bond acceptors (Lipinski definition) is 2. The Balaban J connectivity index is 0.00000196. The van der Waals surface area contributed by atoms with Gasteiger partial charge in [-0.05, 0) is 30.5 Å². The monoisotopic (exact) mass is 293 g/mol. The Bertz CT molecular complexity index is 319. The third-order valence-corrected chi connectivity index (χ3v) is 3.03. The number of hydrogen-bond donors (Lipinski definition) is 2. The van der Waals surface area contributed by atoms with E-state index < -0.39 is 6.10 Å². The van der Waals surface area contributed by atoms with Crippen LogP contribution in [0.4, 0.5) is 0 Å². The molecule has 4 heteroatoms. The maximum absolute atomic E-state index is 9.63. The van der Waals surface area contributed by atoms with Crippen LogP contribution >= 0.6 is 28.3 Å². The molecule has 0 aliphatic heterocycles. The highest BCUT2D eigenvalue weighted by atomic mass is 79.9. The molecule has 3 N–H and O–H groups in total. The summed E-state index contributed by atoms with van der Waals surface area (Å²) in [5, 5.41) is 9.63. The van der Waals surface area contributed by atoms with E-state index in [1.165, 1.54) is 5.56 Å². The number of aliphatic hydroxyl groups excluding tert-OH is 1. The van der Waals surface area contributed by atoms with Crippen molar-refractivity contribution in [2.75, 3.05) is 0 Å². The fraction of sp³-hybridized carbons (Fsp3) is 0.455. The predicted octanol–water partition coefficient (Wildman–Crippen LogP) is 2.95. The van der Waals surface area contributed by atoms with Crippen molar-refractivity contribution in [2.45, 2.75) is 32.4 Å². The van der Waals surface area contributed by atoms with Crippen molar-refractivity contribution in [1.29, 1.82) is 0 Å². The molecule has 15 heavy (non-hydrogen) atoms. The summed E-state index contributed by atoms with van der Waals surface area (Å²) in [5.74, 6) is 0. The molecule has 0 heterocycles. The van der Waals surface area contributed by atoms with Crippen LogP contribution < -0.4 is 5.73 Å². The van der Waals surface area contributed by atoms with Gasteiger partial charge in [0, 0.05) is 4.47 Å². The van der Waals surface area contributed by atoms with Crippen molar-refractivity contribution in [3.8, 4) is 0 Å². The Kier molecular flexibility index (Phi) is 6.44. The first-order valence-corrected chi connectivity index (χ1v) is 5.55. The topological polar surface area (TPSA) is 46.2 Å². The summed E-state index contributed by atoms with van der Waals surface area (Å²) in [6, 6.07) is 5.66. The smallest absolute Gasteiger partial charge is 0.0730 e. The van der Waals surface area contributed by atoms with Crippen molar-refractivity contribution in [1.82, 2.24) is 0 Å². The Morgan fingerprint density at radius 3 is 2.53 bits per heavy atom. The standard InChI is InChI=1S/C11H16BrNO.ClH/c1-3-10(14)11(13)8-5-4-7(2)6-9(8)12;/h4-6,10-11,14H,3,13H2,1-2H3;1H/t10-,11+;/m0./s1. The van der Waals surface area contributed by atoms with E-state index in [9.17, 15) is 5.11 Å². The zero-order chi connectivity index (χ0) is 10.7. The van der Waals surface area contributed by atoms with Crippen LogP contribution in [-0.4, -0.2) is 11.2 Å². The van der Waals surface area contributed by atoms with Gasteiger partial charge in [0.2, 0.25) is 0 Å². The van der Waals surface area contributed by atoms with Crippen molar-refractivity contribution in [3.05, 3.63) is 33.8 Å². The lowest BCUT2D eigenvalue weighted by atomic mass is 10.00. The number of benzene rings is 1. The Labute approximate surface area is 105 Å². The van der Waals surface area contributed by atoms with E-state index >= 15 is 0 Å². The molecule has 0 aromatic heterocycles. The fourth-order valence-corrected chi connectivity index (χ4v) is 2.12. The first kappa shape index (κ1) is 14.9. The first-order valence-electron chi connectivity index (χ1n) is 4.76. The number of rotatable bonds is 3. The summed E-state index contributed by atoms with van der Waals surface area (Å²) in [4.78, 5) is 0. The molecule has 0 spiro atoms. The molecule has 0 aliphatic carbocycles. The van der Waals surface area contributed by atoms with Crippen molar-refractivity contribution < 1.29 is 5.11 Å². The molecule has 1 rings (SSSR count). The minimum absolute atomic E-state index is 0. The molecule has 86 valence electrons. The lowest BCUT2D eigenvalue weighted by molar-refractivity contribution is 0.140. The van der Waals surface area contributed by atoms with Gasteiger partial charge in [0.25, 0.3) is 0 Å². The van der Waals surface area contributed by atoms with Crippen LogP contribution in [0.3, 0.4) is 0 Å². The van der Waals surface area contributed by atoms with E-state index in [0.29, 0.717) is 6.42 Å². The second kappa shape index (κ2) is 6.48. The van der Waals surface area contributed by atoms with E-state index in [1.54, 1.807) is 0 Å². The summed E-state index contributed by atoms with van der Waals surface area (Å²) < 4.78 is 0.970. The van der Waals surface area contributed by atoms with Crippen molar-refractivity contribution in [2.24, 2.45) is 5.73 Å². The Morgan fingerprint density at radius 2 is 2.07 bits per heavy atom. The number of aryl methyl sites for hydroxylation is 1. The van der Waals surface area contributed by atoms with Gasteiger partial charge in [0.1, 0.15) is 0 Å². The van der Waals surface area contributed by atoms with E-state index in [1.807, 2.05) is 32.0 Å². The van der Waals surface area contributed by atoms with Gasteiger partial charge in [-0.1, -0.05) is 35.0 Å². The molecular weight excluding hydrogens is 277 g/mol. The van der Waals surface area contributed by atoms with Gasteiger partial charge >= 0.3 is 0 Å². The highest BCUT2D eigenvalue weighted by molar-refractivity contribution is 9.10. The Hall–Kier alpha value is -0.0900. The molecule has 0 aliphatic rings. The largest absolute Gasteiger partial charge is 0.391 e. The molecule has 0 radical (unpaired) electrons. The van der Waals surface area contributed by atoms with Gasteiger partial charge in [0.15, 0.2) is 0 Å². The molecular formula is C11H17BrClNO. The molecule has 0 unspecified atom stereocenters. The maximum atomic E-state index is 9.63. The molecule has 2 nitrogen and oxygen atoms in total. The zero-order valence-corrected chi connectivity index (χ0v) is 11.3. The molecule has 0 fully saturated rings. The van der Waals surface area contributed by atoms with Crippen LogP contribution in [0.1, 0.15) is 30.5 Å². The van der Waals surface area contributed by atoms with Crippen LogP contribution in [-0.2, 0) is 0 Å². The lowest BCUT2D eigenvalue weighted by Crippen LogP contribution is -2.25. The second-order valence-corrected chi connectivity index (χ2v) is 4.38. The highest BCUT2D eigenvalue weighted by Crippen LogP contribution is 2.25. The van der Waals surface area contributed by atoms with E-state index in [4.69, 9.17) is 5.73 Å². The molecule has 0 saturated carbocycles. The Morgan fingerprint density at radius 1 is 1.47 bits per heavy atom. The van der Waals surface area contributed by atoms with Gasteiger partial charge in [-0.15, -0.1) is 12.4 Å². The van der Waals surface area contributed by atoms with Gasteiger partial charge in [-0.25, -0.2) is 0 Å². The second-order valence-electron chi connectivity index (χ2n) is 3.53. The number of aliphatic hydroxyl groups is 1. The maximum Gasteiger partial charge on any atom is 0.0730 e. The van der Waals surface area contributed by atoms with E-state index in [2.05, 4.69) is 15.9 Å². The highest BCUT2D eigenvalue weighted by Gasteiger charge is 2.16. The minimum atomic E-state index is -0.478. The fourth-order valence-electron chi connectivity index (χ4n) is 1.36. The SMILES string of the molecule is CC[C@H](O)[C@H](N)c1ccc(C)cc1Br.Cl. The molecule has 1 aromatic carbocycles. The van der Waals surface area contributed by atoms with Crippen LogP contribution in [0.15, 0.2) is 22.7 Å². The number of nitrogens with two attached hydrogens (primary N) is 1. The van der Waals surface area contributed by atoms with Crippen LogP contribution in [0.25, 0.3) is 0 Å². The zero-order valence-electron chi connectivity index (χ0n) is 8.90. The average molecular weight is 295 g/mol. The van der Waals surface area contributed by atoms with Gasteiger partial charge in [-0.3, -0.25) is 0 Å². The average Bonchev–Trinajstić information content (AvgIpc) is 2.15. The summed E-state index contributed by atoms with van der Waals surface area (Å²) in [5.41, 5.74) is 8.06. The molecule has 0 bridgehead atoms. The molecule has 0 amide bonds. The summed E-state index contributed by atoms with van der Waals surface area (Å²) in [6.07, 6.45) is 0.190. The minimum Gasteiger partial charge on any atom is -0.391 e. The molecule has 2 atom stereocenters. The van der Waals surface area contributed by atoms with Crippen LogP contribution in [0, 0.1) is 6.92 Å².